The molecule has 0 heterocycles. The SMILES string of the molecule is CCNC(=O)N(C)C1(CN)CCCC1. The van der Waals surface area contributed by atoms with Crippen molar-refractivity contribution in [1.82, 2.24) is 10.2 Å². The van der Waals surface area contributed by atoms with E-state index >= 15 is 0 Å². The second-order valence-corrected chi connectivity index (χ2v) is 4.03. The summed E-state index contributed by atoms with van der Waals surface area (Å²) in [5, 5.41) is 2.81. The van der Waals surface area contributed by atoms with E-state index in [1.807, 2.05) is 14.0 Å². The highest BCUT2D eigenvalue weighted by molar-refractivity contribution is 5.74. The largest absolute Gasteiger partial charge is 0.338 e. The van der Waals surface area contributed by atoms with E-state index in [1.54, 1.807) is 4.90 Å². The number of carbonyl (C=O) groups is 1. The number of urea groups is 1. The topological polar surface area (TPSA) is 58.4 Å². The first-order chi connectivity index (χ1) is 6.66. The summed E-state index contributed by atoms with van der Waals surface area (Å²) in [6.07, 6.45) is 4.44. The van der Waals surface area contributed by atoms with Crippen molar-refractivity contribution in [2.45, 2.75) is 38.1 Å². The summed E-state index contributed by atoms with van der Waals surface area (Å²) < 4.78 is 0. The lowest BCUT2D eigenvalue weighted by atomic mass is 9.96. The number of hydrogen-bond donors (Lipinski definition) is 2. The number of hydrogen-bond acceptors (Lipinski definition) is 2. The Morgan fingerprint density at radius 2 is 2.07 bits per heavy atom. The highest BCUT2D eigenvalue weighted by Crippen LogP contribution is 2.33. The maximum atomic E-state index is 11.7. The molecule has 0 saturated heterocycles. The molecular weight excluding hydrogens is 178 g/mol. The van der Waals surface area contributed by atoms with Crippen LogP contribution in [0.15, 0.2) is 0 Å². The van der Waals surface area contributed by atoms with Crippen molar-refractivity contribution in [3.8, 4) is 0 Å². The zero-order valence-corrected chi connectivity index (χ0v) is 9.18. The molecule has 14 heavy (non-hydrogen) atoms. The maximum absolute atomic E-state index is 11.7. The Hall–Kier alpha value is -0.770. The summed E-state index contributed by atoms with van der Waals surface area (Å²) >= 11 is 0. The van der Waals surface area contributed by atoms with Crippen LogP contribution in [0.4, 0.5) is 4.79 Å². The highest BCUT2D eigenvalue weighted by atomic mass is 16.2. The number of nitrogens with two attached hydrogens (primary N) is 1. The van der Waals surface area contributed by atoms with E-state index in [-0.39, 0.29) is 11.6 Å². The number of carbonyl (C=O) groups excluding carboxylic acids is 1. The molecule has 0 bridgehead atoms. The van der Waals surface area contributed by atoms with E-state index in [0.29, 0.717) is 13.1 Å². The van der Waals surface area contributed by atoms with E-state index < -0.39 is 0 Å². The van der Waals surface area contributed by atoms with Crippen LogP contribution in [0, 0.1) is 0 Å². The van der Waals surface area contributed by atoms with Crippen LogP contribution in [0.5, 0.6) is 0 Å². The van der Waals surface area contributed by atoms with Crippen LogP contribution in [0.3, 0.4) is 0 Å². The molecule has 1 aliphatic rings. The Labute approximate surface area is 85.8 Å². The molecule has 0 radical (unpaired) electrons. The van der Waals surface area contributed by atoms with E-state index in [9.17, 15) is 4.79 Å². The van der Waals surface area contributed by atoms with Crippen LogP contribution in [0.2, 0.25) is 0 Å². The summed E-state index contributed by atoms with van der Waals surface area (Å²) in [7, 11) is 1.85. The molecule has 4 nitrogen and oxygen atoms in total. The summed E-state index contributed by atoms with van der Waals surface area (Å²) in [4.78, 5) is 13.4. The molecule has 2 amide bonds. The number of nitrogens with zero attached hydrogens (tertiary/aromatic N) is 1. The fourth-order valence-corrected chi connectivity index (χ4v) is 2.19. The van der Waals surface area contributed by atoms with Crippen molar-refractivity contribution in [2.75, 3.05) is 20.1 Å². The van der Waals surface area contributed by atoms with Crippen molar-refractivity contribution in [1.29, 1.82) is 0 Å². The van der Waals surface area contributed by atoms with Crippen LogP contribution in [-0.2, 0) is 0 Å². The first-order valence-electron chi connectivity index (χ1n) is 5.38. The average Bonchev–Trinajstić information content (AvgIpc) is 2.66. The van der Waals surface area contributed by atoms with Crippen molar-refractivity contribution in [2.24, 2.45) is 5.73 Å². The first kappa shape index (κ1) is 11.3. The molecule has 0 spiro atoms. The van der Waals surface area contributed by atoms with E-state index in [4.69, 9.17) is 5.73 Å². The molecule has 0 aromatic heterocycles. The Kier molecular flexibility index (Phi) is 3.75. The quantitative estimate of drug-likeness (QED) is 0.710. The van der Waals surface area contributed by atoms with Gasteiger partial charge in [0.25, 0.3) is 0 Å². The zero-order valence-electron chi connectivity index (χ0n) is 9.18. The summed E-state index contributed by atoms with van der Waals surface area (Å²) in [5.74, 6) is 0. The molecule has 0 unspecified atom stereocenters. The summed E-state index contributed by atoms with van der Waals surface area (Å²) in [6.45, 7) is 3.17. The Morgan fingerprint density at radius 3 is 2.50 bits per heavy atom. The molecule has 1 rings (SSSR count). The number of amides is 2. The lowest BCUT2D eigenvalue weighted by molar-refractivity contribution is 0.142. The van der Waals surface area contributed by atoms with Crippen molar-refractivity contribution < 1.29 is 4.79 Å². The predicted molar refractivity (Wildman–Crippen MR) is 57.1 cm³/mol. The Bertz CT molecular complexity index is 200. The molecule has 1 aliphatic carbocycles. The van der Waals surface area contributed by atoms with E-state index in [1.165, 1.54) is 12.8 Å². The molecule has 4 heteroatoms. The lowest BCUT2D eigenvalue weighted by Gasteiger charge is -2.37. The van der Waals surface area contributed by atoms with Gasteiger partial charge in [-0.2, -0.15) is 0 Å². The van der Waals surface area contributed by atoms with Gasteiger partial charge in [-0.15, -0.1) is 0 Å². The molecule has 82 valence electrons. The molecule has 0 aromatic rings. The normalized spacial score (nSPS) is 19.4. The lowest BCUT2D eigenvalue weighted by Crippen LogP contribution is -2.55. The second kappa shape index (κ2) is 4.64. The molecule has 3 N–H and O–H groups in total. The van der Waals surface area contributed by atoms with Crippen LogP contribution < -0.4 is 11.1 Å². The van der Waals surface area contributed by atoms with Crippen molar-refractivity contribution in [3.05, 3.63) is 0 Å². The minimum absolute atomic E-state index is 0.000139. The standard InChI is InChI=1S/C10H21N3O/c1-3-12-9(14)13(2)10(8-11)6-4-5-7-10/h3-8,11H2,1-2H3,(H,12,14). The van der Waals surface area contributed by atoms with Crippen LogP contribution >= 0.6 is 0 Å². The van der Waals surface area contributed by atoms with Gasteiger partial charge in [0.05, 0.1) is 5.54 Å². The van der Waals surface area contributed by atoms with E-state index in [2.05, 4.69) is 5.32 Å². The second-order valence-electron chi connectivity index (χ2n) is 4.03. The minimum atomic E-state index is -0.0841. The monoisotopic (exact) mass is 199 g/mol. The molecule has 1 fully saturated rings. The zero-order chi connectivity index (χ0) is 10.6. The van der Waals surface area contributed by atoms with Gasteiger partial charge in [0, 0.05) is 20.1 Å². The first-order valence-corrected chi connectivity index (χ1v) is 5.38. The molecule has 1 saturated carbocycles. The van der Waals surface area contributed by atoms with Crippen LogP contribution in [-0.4, -0.2) is 36.6 Å². The van der Waals surface area contributed by atoms with Gasteiger partial charge in [0.1, 0.15) is 0 Å². The summed E-state index contributed by atoms with van der Waals surface area (Å²) in [6, 6.07) is -0.000139. The van der Waals surface area contributed by atoms with Crippen LogP contribution in [0.1, 0.15) is 32.6 Å². The van der Waals surface area contributed by atoms with Gasteiger partial charge in [0.2, 0.25) is 0 Å². The minimum Gasteiger partial charge on any atom is -0.338 e. The van der Waals surface area contributed by atoms with Crippen molar-refractivity contribution >= 4 is 6.03 Å². The van der Waals surface area contributed by atoms with Gasteiger partial charge >= 0.3 is 6.03 Å². The van der Waals surface area contributed by atoms with Gasteiger partial charge in [-0.3, -0.25) is 0 Å². The smallest absolute Gasteiger partial charge is 0.317 e. The summed E-state index contributed by atoms with van der Waals surface area (Å²) in [5.41, 5.74) is 5.70. The molecule has 0 atom stereocenters. The average molecular weight is 199 g/mol. The predicted octanol–water partition coefficient (Wildman–Crippen LogP) is 0.919. The fraction of sp³-hybridized carbons (Fsp3) is 0.900. The van der Waals surface area contributed by atoms with Gasteiger partial charge in [-0.1, -0.05) is 12.8 Å². The third-order valence-corrected chi connectivity index (χ3v) is 3.26. The molecular formula is C10H21N3O. The Balaban J connectivity index is 2.64. The van der Waals surface area contributed by atoms with Gasteiger partial charge in [-0.05, 0) is 19.8 Å². The number of rotatable bonds is 3. The highest BCUT2D eigenvalue weighted by Gasteiger charge is 2.38. The van der Waals surface area contributed by atoms with Gasteiger partial charge in [0.15, 0.2) is 0 Å². The van der Waals surface area contributed by atoms with Crippen LogP contribution in [0.25, 0.3) is 0 Å². The van der Waals surface area contributed by atoms with Gasteiger partial charge < -0.3 is 16.0 Å². The number of nitrogens with one attached hydrogen (secondary N) is 1. The maximum Gasteiger partial charge on any atom is 0.317 e. The third-order valence-electron chi connectivity index (χ3n) is 3.26. The van der Waals surface area contributed by atoms with Gasteiger partial charge in [-0.25, -0.2) is 4.79 Å². The third kappa shape index (κ3) is 2.00. The number of likely N-dealkylation sites (N-methyl/N-ethyl adjacent to an activating group) is 1. The fourth-order valence-electron chi connectivity index (χ4n) is 2.19. The van der Waals surface area contributed by atoms with Crippen molar-refractivity contribution in [3.63, 3.8) is 0 Å². The molecule has 0 aromatic carbocycles. The van der Waals surface area contributed by atoms with E-state index in [0.717, 1.165) is 12.8 Å². The molecule has 0 aliphatic heterocycles. The Morgan fingerprint density at radius 1 is 1.50 bits per heavy atom.